The number of amides is 1. The van der Waals surface area contributed by atoms with E-state index in [-0.39, 0.29) is 19.0 Å². The molecule has 7 heteroatoms. The second-order valence-corrected chi connectivity index (χ2v) is 5.29. The predicted molar refractivity (Wildman–Crippen MR) is 67.5 cm³/mol. The summed E-state index contributed by atoms with van der Waals surface area (Å²) >= 11 is 1.34. The molecule has 0 unspecified atom stereocenters. The van der Waals surface area contributed by atoms with Crippen LogP contribution in [0.1, 0.15) is 12.8 Å². The van der Waals surface area contributed by atoms with E-state index in [1.807, 2.05) is 0 Å². The SMILES string of the molecule is O=C(O)CN(CC(=O)Nc1nccs1)CC1CC1. The number of carbonyl (C=O) groups excluding carboxylic acids is 1. The van der Waals surface area contributed by atoms with E-state index < -0.39 is 5.97 Å². The number of nitrogens with one attached hydrogen (secondary N) is 1. The van der Waals surface area contributed by atoms with Gasteiger partial charge in [-0.3, -0.25) is 14.5 Å². The molecule has 6 nitrogen and oxygen atoms in total. The van der Waals surface area contributed by atoms with Crippen LogP contribution in [0.15, 0.2) is 11.6 Å². The van der Waals surface area contributed by atoms with Crippen molar-refractivity contribution in [3.05, 3.63) is 11.6 Å². The fourth-order valence-corrected chi connectivity index (χ4v) is 2.23. The molecule has 1 heterocycles. The number of nitrogens with zero attached hydrogens (tertiary/aromatic N) is 2. The standard InChI is InChI=1S/C11H15N3O3S/c15-9(13-11-12-3-4-18-11)6-14(7-10(16)17)5-8-1-2-8/h3-4,8H,1-2,5-7H2,(H,16,17)(H,12,13,15). The van der Waals surface area contributed by atoms with Crippen molar-refractivity contribution < 1.29 is 14.7 Å². The van der Waals surface area contributed by atoms with Crippen molar-refractivity contribution in [2.45, 2.75) is 12.8 Å². The van der Waals surface area contributed by atoms with E-state index in [2.05, 4.69) is 10.3 Å². The smallest absolute Gasteiger partial charge is 0.317 e. The summed E-state index contributed by atoms with van der Waals surface area (Å²) in [6, 6.07) is 0. The lowest BCUT2D eigenvalue weighted by Crippen LogP contribution is -2.38. The number of aromatic nitrogens is 1. The average molecular weight is 269 g/mol. The summed E-state index contributed by atoms with van der Waals surface area (Å²) < 4.78 is 0. The van der Waals surface area contributed by atoms with Crippen LogP contribution in [0.3, 0.4) is 0 Å². The highest BCUT2D eigenvalue weighted by Crippen LogP contribution is 2.29. The summed E-state index contributed by atoms with van der Waals surface area (Å²) in [4.78, 5) is 28.1. The molecule has 1 fully saturated rings. The van der Waals surface area contributed by atoms with Gasteiger partial charge in [-0.25, -0.2) is 4.98 Å². The summed E-state index contributed by atoms with van der Waals surface area (Å²) in [5.41, 5.74) is 0. The van der Waals surface area contributed by atoms with Gasteiger partial charge in [0.25, 0.3) is 0 Å². The second kappa shape index (κ2) is 5.92. The van der Waals surface area contributed by atoms with Crippen LogP contribution in [-0.2, 0) is 9.59 Å². The van der Waals surface area contributed by atoms with Gasteiger partial charge in [-0.2, -0.15) is 0 Å². The molecular formula is C11H15N3O3S. The molecule has 0 spiro atoms. The Morgan fingerprint density at radius 2 is 2.28 bits per heavy atom. The van der Waals surface area contributed by atoms with E-state index in [0.717, 1.165) is 12.8 Å². The average Bonchev–Trinajstić information content (AvgIpc) is 2.92. The number of anilines is 1. The van der Waals surface area contributed by atoms with Gasteiger partial charge in [0.15, 0.2) is 5.13 Å². The first-order chi connectivity index (χ1) is 8.63. The zero-order valence-corrected chi connectivity index (χ0v) is 10.7. The monoisotopic (exact) mass is 269 g/mol. The molecule has 98 valence electrons. The molecule has 0 atom stereocenters. The zero-order chi connectivity index (χ0) is 13.0. The molecule has 0 saturated heterocycles. The predicted octanol–water partition coefficient (Wildman–Crippen LogP) is 0.878. The van der Waals surface area contributed by atoms with Gasteiger partial charge in [0.1, 0.15) is 0 Å². The molecule has 18 heavy (non-hydrogen) atoms. The number of thiazole rings is 1. The van der Waals surface area contributed by atoms with Gasteiger partial charge in [-0.05, 0) is 18.8 Å². The molecule has 1 aromatic rings. The second-order valence-electron chi connectivity index (χ2n) is 4.39. The Bertz CT molecular complexity index is 417. The van der Waals surface area contributed by atoms with Gasteiger partial charge >= 0.3 is 5.97 Å². The molecule has 0 radical (unpaired) electrons. The van der Waals surface area contributed by atoms with Crippen molar-refractivity contribution in [2.24, 2.45) is 5.92 Å². The lowest BCUT2D eigenvalue weighted by Gasteiger charge is -2.18. The van der Waals surface area contributed by atoms with Crippen molar-refractivity contribution in [1.29, 1.82) is 0 Å². The van der Waals surface area contributed by atoms with Crippen molar-refractivity contribution in [1.82, 2.24) is 9.88 Å². The highest BCUT2D eigenvalue weighted by Gasteiger charge is 2.26. The van der Waals surface area contributed by atoms with E-state index >= 15 is 0 Å². The van der Waals surface area contributed by atoms with Crippen LogP contribution in [0.2, 0.25) is 0 Å². The lowest BCUT2D eigenvalue weighted by atomic mass is 10.3. The number of aliphatic carboxylic acids is 1. The zero-order valence-electron chi connectivity index (χ0n) is 9.83. The third-order valence-corrected chi connectivity index (χ3v) is 3.31. The van der Waals surface area contributed by atoms with Gasteiger partial charge in [-0.1, -0.05) is 0 Å². The van der Waals surface area contributed by atoms with E-state index in [1.54, 1.807) is 16.5 Å². The lowest BCUT2D eigenvalue weighted by molar-refractivity contribution is -0.138. The van der Waals surface area contributed by atoms with Gasteiger partial charge in [-0.15, -0.1) is 11.3 Å². The molecule has 0 aliphatic heterocycles. The Kier molecular flexibility index (Phi) is 4.27. The molecule has 1 amide bonds. The van der Waals surface area contributed by atoms with Gasteiger partial charge in [0.2, 0.25) is 5.91 Å². The first kappa shape index (κ1) is 13.0. The number of hydrogen-bond donors (Lipinski definition) is 2. The quantitative estimate of drug-likeness (QED) is 0.767. The summed E-state index contributed by atoms with van der Waals surface area (Å²) in [7, 11) is 0. The van der Waals surface area contributed by atoms with Crippen LogP contribution >= 0.6 is 11.3 Å². The van der Waals surface area contributed by atoms with Crippen molar-refractivity contribution in [2.75, 3.05) is 25.0 Å². The minimum absolute atomic E-state index is 0.0954. The van der Waals surface area contributed by atoms with E-state index in [0.29, 0.717) is 17.6 Å². The van der Waals surface area contributed by atoms with Crippen LogP contribution in [-0.4, -0.2) is 46.5 Å². The van der Waals surface area contributed by atoms with Gasteiger partial charge in [0.05, 0.1) is 13.1 Å². The largest absolute Gasteiger partial charge is 0.480 e. The summed E-state index contributed by atoms with van der Waals surface area (Å²) in [6.45, 7) is 0.682. The van der Waals surface area contributed by atoms with Crippen LogP contribution < -0.4 is 5.32 Å². The van der Waals surface area contributed by atoms with Crippen LogP contribution in [0.5, 0.6) is 0 Å². The summed E-state index contributed by atoms with van der Waals surface area (Å²) in [5.74, 6) is -0.568. The fraction of sp³-hybridized carbons (Fsp3) is 0.545. The minimum atomic E-state index is -0.905. The number of carboxylic acid groups (broad SMARTS) is 1. The van der Waals surface area contributed by atoms with E-state index in [4.69, 9.17) is 5.11 Å². The number of carbonyl (C=O) groups is 2. The summed E-state index contributed by atoms with van der Waals surface area (Å²) in [5, 5.41) is 13.8. The van der Waals surface area contributed by atoms with Gasteiger partial charge < -0.3 is 10.4 Å². The normalized spacial score (nSPS) is 14.7. The number of rotatable bonds is 7. The van der Waals surface area contributed by atoms with Crippen LogP contribution in [0.25, 0.3) is 0 Å². The fourth-order valence-electron chi connectivity index (χ4n) is 1.69. The molecule has 2 N–H and O–H groups in total. The first-order valence-electron chi connectivity index (χ1n) is 5.77. The van der Waals surface area contributed by atoms with E-state index in [1.165, 1.54) is 11.3 Å². The maximum Gasteiger partial charge on any atom is 0.317 e. The topological polar surface area (TPSA) is 82.5 Å². The highest BCUT2D eigenvalue weighted by atomic mass is 32.1. The highest BCUT2D eigenvalue weighted by molar-refractivity contribution is 7.13. The maximum atomic E-state index is 11.7. The summed E-state index contributed by atoms with van der Waals surface area (Å²) in [6.07, 6.45) is 3.87. The maximum absolute atomic E-state index is 11.7. The first-order valence-corrected chi connectivity index (χ1v) is 6.65. The molecule has 0 aromatic carbocycles. The van der Waals surface area contributed by atoms with Crippen molar-refractivity contribution in [3.8, 4) is 0 Å². The molecule has 1 saturated carbocycles. The molecule has 1 aromatic heterocycles. The van der Waals surface area contributed by atoms with Crippen molar-refractivity contribution in [3.63, 3.8) is 0 Å². The van der Waals surface area contributed by atoms with Crippen LogP contribution in [0, 0.1) is 5.92 Å². The van der Waals surface area contributed by atoms with Crippen molar-refractivity contribution >= 4 is 28.3 Å². The Labute approximate surface area is 109 Å². The Morgan fingerprint density at radius 1 is 1.50 bits per heavy atom. The molecule has 1 aliphatic rings. The minimum Gasteiger partial charge on any atom is -0.480 e. The molecule has 1 aliphatic carbocycles. The Hall–Kier alpha value is -1.47. The molecule has 2 rings (SSSR count). The number of hydrogen-bond acceptors (Lipinski definition) is 5. The van der Waals surface area contributed by atoms with E-state index in [9.17, 15) is 9.59 Å². The number of carboxylic acids is 1. The Balaban J connectivity index is 1.82. The Morgan fingerprint density at radius 3 is 2.83 bits per heavy atom. The van der Waals surface area contributed by atoms with Gasteiger partial charge in [0, 0.05) is 18.1 Å². The molecule has 0 bridgehead atoms. The molecular weight excluding hydrogens is 254 g/mol. The third kappa shape index (κ3) is 4.42. The van der Waals surface area contributed by atoms with Crippen LogP contribution in [0.4, 0.5) is 5.13 Å². The third-order valence-electron chi connectivity index (χ3n) is 2.62.